The molecule has 0 saturated heterocycles. The van der Waals surface area contributed by atoms with E-state index in [4.69, 9.17) is 10.5 Å². The van der Waals surface area contributed by atoms with Gasteiger partial charge in [0, 0.05) is 12.2 Å². The van der Waals surface area contributed by atoms with Crippen molar-refractivity contribution in [3.05, 3.63) is 77.9 Å². The smallest absolute Gasteiger partial charge is 0.233 e. The van der Waals surface area contributed by atoms with E-state index in [1.54, 1.807) is 0 Å². The normalized spacial score (nSPS) is 12.3. The van der Waals surface area contributed by atoms with Gasteiger partial charge in [0.25, 0.3) is 0 Å². The minimum Gasteiger partial charge on any atom is -0.374 e. The van der Waals surface area contributed by atoms with Crippen molar-refractivity contribution in [3.8, 4) is 0 Å². The summed E-state index contributed by atoms with van der Waals surface area (Å²) < 4.78 is 5.66. The van der Waals surface area contributed by atoms with Crippen molar-refractivity contribution in [2.45, 2.75) is 32.5 Å². The first kappa shape index (κ1) is 19.1. The molecule has 3 rings (SSSR count). The number of benzene rings is 3. The average molecular weight is 362 g/mol. The van der Waals surface area contributed by atoms with Crippen molar-refractivity contribution in [1.82, 2.24) is 0 Å². The molecule has 140 valence electrons. The SMILES string of the molecule is CC(C)OCc1cccc([C@@H](CN)C(=O)Nc2ccc3ccccc3c2)c1. The Kier molecular flexibility index (Phi) is 6.22. The molecule has 3 aromatic rings. The lowest BCUT2D eigenvalue weighted by Crippen LogP contribution is -2.27. The molecule has 0 aromatic heterocycles. The number of carbonyl (C=O) groups excluding carboxylic acids is 1. The van der Waals surface area contributed by atoms with Gasteiger partial charge >= 0.3 is 0 Å². The Morgan fingerprint density at radius 2 is 1.78 bits per heavy atom. The standard InChI is InChI=1S/C23H26N2O2/c1-16(2)27-15-17-6-5-9-20(12-17)22(14-24)23(26)25-21-11-10-18-7-3-4-8-19(18)13-21/h3-13,16,22H,14-15,24H2,1-2H3,(H,25,26)/t22-/m1/s1. The summed E-state index contributed by atoms with van der Waals surface area (Å²) in [5.74, 6) is -0.509. The van der Waals surface area contributed by atoms with Crippen LogP contribution in [0.1, 0.15) is 30.9 Å². The molecule has 0 heterocycles. The van der Waals surface area contributed by atoms with Gasteiger partial charge in [-0.2, -0.15) is 0 Å². The fourth-order valence-corrected chi connectivity index (χ4v) is 3.05. The Morgan fingerprint density at radius 3 is 2.52 bits per heavy atom. The minimum absolute atomic E-state index is 0.102. The van der Waals surface area contributed by atoms with E-state index in [0.29, 0.717) is 6.61 Å². The van der Waals surface area contributed by atoms with Crippen molar-refractivity contribution >= 4 is 22.4 Å². The predicted octanol–water partition coefficient (Wildman–Crippen LogP) is 4.45. The molecule has 3 aromatic carbocycles. The summed E-state index contributed by atoms with van der Waals surface area (Å²) in [6.45, 7) is 4.77. The first-order valence-electron chi connectivity index (χ1n) is 9.27. The number of amides is 1. The third kappa shape index (κ3) is 4.94. The molecule has 0 fully saturated rings. The van der Waals surface area contributed by atoms with Gasteiger partial charge in [0.1, 0.15) is 0 Å². The summed E-state index contributed by atoms with van der Waals surface area (Å²) in [4.78, 5) is 12.8. The summed E-state index contributed by atoms with van der Waals surface area (Å²) in [5.41, 5.74) is 8.65. The molecule has 0 aliphatic rings. The maximum atomic E-state index is 12.8. The summed E-state index contributed by atoms with van der Waals surface area (Å²) in [6.07, 6.45) is 0.162. The van der Waals surface area contributed by atoms with Crippen LogP contribution in [-0.2, 0) is 16.1 Å². The summed E-state index contributed by atoms with van der Waals surface area (Å²) in [5, 5.41) is 5.24. The van der Waals surface area contributed by atoms with Crippen molar-refractivity contribution in [2.24, 2.45) is 5.73 Å². The van der Waals surface area contributed by atoms with Crippen LogP contribution < -0.4 is 11.1 Å². The van der Waals surface area contributed by atoms with E-state index in [-0.39, 0.29) is 18.6 Å². The number of hydrogen-bond donors (Lipinski definition) is 2. The Balaban J connectivity index is 1.76. The van der Waals surface area contributed by atoms with E-state index in [1.165, 1.54) is 0 Å². The number of hydrogen-bond acceptors (Lipinski definition) is 3. The molecular formula is C23H26N2O2. The molecule has 0 spiro atoms. The highest BCUT2D eigenvalue weighted by atomic mass is 16.5. The zero-order valence-electron chi connectivity index (χ0n) is 15.8. The molecule has 0 radical (unpaired) electrons. The third-order valence-corrected chi connectivity index (χ3v) is 4.51. The number of rotatable bonds is 7. The maximum Gasteiger partial charge on any atom is 0.233 e. The van der Waals surface area contributed by atoms with E-state index in [0.717, 1.165) is 27.6 Å². The van der Waals surface area contributed by atoms with Crippen LogP contribution in [0.2, 0.25) is 0 Å². The predicted molar refractivity (Wildman–Crippen MR) is 111 cm³/mol. The van der Waals surface area contributed by atoms with Crippen molar-refractivity contribution < 1.29 is 9.53 Å². The van der Waals surface area contributed by atoms with Gasteiger partial charge in [-0.15, -0.1) is 0 Å². The van der Waals surface area contributed by atoms with E-state index < -0.39 is 5.92 Å². The van der Waals surface area contributed by atoms with E-state index in [9.17, 15) is 4.79 Å². The topological polar surface area (TPSA) is 64.3 Å². The van der Waals surface area contributed by atoms with E-state index in [2.05, 4.69) is 5.32 Å². The van der Waals surface area contributed by atoms with Crippen LogP contribution in [-0.4, -0.2) is 18.6 Å². The molecular weight excluding hydrogens is 336 g/mol. The Hall–Kier alpha value is -2.69. The lowest BCUT2D eigenvalue weighted by Gasteiger charge is -2.17. The second-order valence-corrected chi connectivity index (χ2v) is 6.94. The Bertz CT molecular complexity index is 921. The molecule has 3 N–H and O–H groups in total. The van der Waals surface area contributed by atoms with Gasteiger partial charge in [0.2, 0.25) is 5.91 Å². The van der Waals surface area contributed by atoms with Gasteiger partial charge in [0.15, 0.2) is 0 Å². The number of fused-ring (bicyclic) bond motifs is 1. The zero-order valence-corrected chi connectivity index (χ0v) is 15.8. The third-order valence-electron chi connectivity index (χ3n) is 4.51. The Labute approximate surface area is 160 Å². The van der Waals surface area contributed by atoms with Crippen LogP contribution in [0, 0.1) is 0 Å². The van der Waals surface area contributed by atoms with Crippen LogP contribution in [0.4, 0.5) is 5.69 Å². The zero-order chi connectivity index (χ0) is 19.2. The molecule has 0 saturated carbocycles. The first-order valence-corrected chi connectivity index (χ1v) is 9.27. The molecule has 1 amide bonds. The first-order chi connectivity index (χ1) is 13.1. The van der Waals surface area contributed by atoms with Crippen LogP contribution in [0.25, 0.3) is 10.8 Å². The molecule has 0 aliphatic heterocycles. The second kappa shape index (κ2) is 8.80. The lowest BCUT2D eigenvalue weighted by atomic mass is 9.96. The second-order valence-electron chi connectivity index (χ2n) is 6.94. The number of anilines is 1. The molecule has 0 aliphatic carbocycles. The fourth-order valence-electron chi connectivity index (χ4n) is 3.05. The molecule has 4 nitrogen and oxygen atoms in total. The fraction of sp³-hybridized carbons (Fsp3) is 0.261. The van der Waals surface area contributed by atoms with Gasteiger partial charge in [-0.05, 0) is 47.9 Å². The number of ether oxygens (including phenoxy) is 1. The van der Waals surface area contributed by atoms with Crippen molar-refractivity contribution in [1.29, 1.82) is 0 Å². The minimum atomic E-state index is -0.407. The van der Waals surface area contributed by atoms with Gasteiger partial charge in [-0.25, -0.2) is 0 Å². The van der Waals surface area contributed by atoms with Gasteiger partial charge < -0.3 is 15.8 Å². The monoisotopic (exact) mass is 362 g/mol. The van der Waals surface area contributed by atoms with Gasteiger partial charge in [0.05, 0.1) is 18.6 Å². The molecule has 4 heteroatoms. The van der Waals surface area contributed by atoms with Crippen LogP contribution in [0.3, 0.4) is 0 Å². The highest BCUT2D eigenvalue weighted by Gasteiger charge is 2.19. The number of nitrogens with two attached hydrogens (primary N) is 1. The molecule has 0 unspecified atom stereocenters. The maximum absolute atomic E-state index is 12.8. The van der Waals surface area contributed by atoms with Crippen molar-refractivity contribution in [3.63, 3.8) is 0 Å². The highest BCUT2D eigenvalue weighted by Crippen LogP contribution is 2.22. The largest absolute Gasteiger partial charge is 0.374 e. The summed E-state index contributed by atoms with van der Waals surface area (Å²) in [6, 6.07) is 21.9. The lowest BCUT2D eigenvalue weighted by molar-refractivity contribution is -0.117. The van der Waals surface area contributed by atoms with Crippen LogP contribution in [0.15, 0.2) is 66.7 Å². The van der Waals surface area contributed by atoms with E-state index >= 15 is 0 Å². The summed E-state index contributed by atoms with van der Waals surface area (Å²) >= 11 is 0. The van der Waals surface area contributed by atoms with Crippen LogP contribution >= 0.6 is 0 Å². The highest BCUT2D eigenvalue weighted by molar-refractivity contribution is 5.98. The quantitative estimate of drug-likeness (QED) is 0.653. The number of carbonyl (C=O) groups is 1. The molecule has 0 bridgehead atoms. The molecule has 1 atom stereocenters. The summed E-state index contributed by atoms with van der Waals surface area (Å²) in [7, 11) is 0. The Morgan fingerprint density at radius 1 is 1.00 bits per heavy atom. The number of nitrogens with one attached hydrogen (secondary N) is 1. The molecule has 27 heavy (non-hydrogen) atoms. The van der Waals surface area contributed by atoms with Crippen molar-refractivity contribution in [2.75, 3.05) is 11.9 Å². The van der Waals surface area contributed by atoms with E-state index in [1.807, 2.05) is 80.6 Å². The average Bonchev–Trinajstić information content (AvgIpc) is 2.67. The van der Waals surface area contributed by atoms with Crippen LogP contribution in [0.5, 0.6) is 0 Å². The van der Waals surface area contributed by atoms with Gasteiger partial charge in [-0.3, -0.25) is 4.79 Å². The van der Waals surface area contributed by atoms with Gasteiger partial charge in [-0.1, -0.05) is 54.6 Å².